The summed E-state index contributed by atoms with van der Waals surface area (Å²) in [5.41, 5.74) is 6.03. The molecule has 3 aromatic carbocycles. The minimum atomic E-state index is -0.205. The number of likely N-dealkylation sites (N-methyl/N-ethyl adjacent to an activating group) is 1. The van der Waals surface area contributed by atoms with Crippen molar-refractivity contribution < 1.29 is 4.79 Å². The van der Waals surface area contributed by atoms with Crippen LogP contribution in [0.1, 0.15) is 40.0 Å². The molecule has 0 fully saturated rings. The van der Waals surface area contributed by atoms with Gasteiger partial charge < -0.3 is 10.2 Å². The van der Waals surface area contributed by atoms with Crippen molar-refractivity contribution in [3.63, 3.8) is 0 Å². The average molecular weight is 425 g/mol. The quantitative estimate of drug-likeness (QED) is 0.506. The molecule has 1 unspecified atom stereocenters. The second-order valence-corrected chi connectivity index (χ2v) is 8.05. The summed E-state index contributed by atoms with van der Waals surface area (Å²) >= 11 is 12.5. The molecule has 1 aliphatic heterocycles. The summed E-state index contributed by atoms with van der Waals surface area (Å²) in [4.78, 5) is 15.0. The number of amides is 1. The highest BCUT2D eigenvalue weighted by Crippen LogP contribution is 2.43. The minimum absolute atomic E-state index is 0.205. The number of carbonyl (C=O) groups is 1. The number of halogens is 2. The van der Waals surface area contributed by atoms with Crippen LogP contribution in [0.3, 0.4) is 0 Å². The first-order valence-electron chi connectivity index (χ1n) is 9.70. The van der Waals surface area contributed by atoms with Crippen molar-refractivity contribution in [2.45, 2.75) is 26.3 Å². The molecule has 1 aliphatic rings. The molecule has 0 bridgehead atoms. The molecule has 0 radical (unpaired) electrons. The van der Waals surface area contributed by atoms with Crippen LogP contribution in [-0.2, 0) is 6.42 Å². The molecule has 5 heteroatoms. The second kappa shape index (κ2) is 8.10. The smallest absolute Gasteiger partial charge is 0.257 e. The highest BCUT2D eigenvalue weighted by Gasteiger charge is 2.31. The van der Waals surface area contributed by atoms with E-state index >= 15 is 0 Å². The van der Waals surface area contributed by atoms with Crippen LogP contribution in [0.5, 0.6) is 0 Å². The van der Waals surface area contributed by atoms with Crippen LogP contribution in [0, 0.1) is 6.92 Å². The third-order valence-electron chi connectivity index (χ3n) is 5.56. The van der Waals surface area contributed by atoms with Gasteiger partial charge >= 0.3 is 0 Å². The molecule has 3 aromatic rings. The van der Waals surface area contributed by atoms with Crippen LogP contribution >= 0.6 is 23.2 Å². The van der Waals surface area contributed by atoms with Crippen LogP contribution in [0.4, 0.5) is 11.4 Å². The fraction of sp³-hybridized carbons (Fsp3) is 0.208. The Balaban J connectivity index is 1.62. The van der Waals surface area contributed by atoms with Crippen molar-refractivity contribution in [3.05, 3.63) is 93.0 Å². The largest absolute Gasteiger partial charge is 0.364 e. The summed E-state index contributed by atoms with van der Waals surface area (Å²) in [6, 6.07) is 19.5. The van der Waals surface area contributed by atoms with Gasteiger partial charge in [0.25, 0.3) is 5.91 Å². The number of hydrogen-bond donors (Lipinski definition) is 1. The zero-order valence-corrected chi connectivity index (χ0v) is 17.9. The first kappa shape index (κ1) is 19.8. The predicted molar refractivity (Wildman–Crippen MR) is 122 cm³/mol. The van der Waals surface area contributed by atoms with E-state index in [4.69, 9.17) is 23.2 Å². The molecular weight excluding hydrogens is 403 g/mol. The van der Waals surface area contributed by atoms with Gasteiger partial charge in [-0.05, 0) is 73.4 Å². The third kappa shape index (κ3) is 3.73. The highest BCUT2D eigenvalue weighted by atomic mass is 35.5. The van der Waals surface area contributed by atoms with E-state index in [1.165, 1.54) is 16.8 Å². The zero-order chi connectivity index (χ0) is 20.5. The van der Waals surface area contributed by atoms with Crippen molar-refractivity contribution in [2.24, 2.45) is 0 Å². The fourth-order valence-electron chi connectivity index (χ4n) is 4.09. The molecule has 0 spiro atoms. The Labute approximate surface area is 181 Å². The molecule has 1 amide bonds. The van der Waals surface area contributed by atoms with Crippen LogP contribution in [0.15, 0.2) is 60.7 Å². The number of nitrogens with zero attached hydrogens (tertiary/aromatic N) is 1. The summed E-state index contributed by atoms with van der Waals surface area (Å²) in [5, 5.41) is 4.21. The van der Waals surface area contributed by atoms with E-state index in [1.807, 2.05) is 24.3 Å². The molecule has 0 aliphatic carbocycles. The molecule has 0 aromatic heterocycles. The predicted octanol–water partition coefficient (Wildman–Crippen LogP) is 6.68. The van der Waals surface area contributed by atoms with Gasteiger partial charge in [-0.25, -0.2) is 0 Å². The molecule has 4 rings (SSSR count). The Bertz CT molecular complexity index is 1080. The Kier molecular flexibility index (Phi) is 5.53. The summed E-state index contributed by atoms with van der Waals surface area (Å²) in [7, 11) is 0. The normalized spacial score (nSPS) is 15.3. The Morgan fingerprint density at radius 3 is 2.59 bits per heavy atom. The maximum Gasteiger partial charge on any atom is 0.257 e. The lowest BCUT2D eigenvalue weighted by molar-refractivity contribution is 0.102. The molecule has 0 saturated heterocycles. The summed E-state index contributed by atoms with van der Waals surface area (Å²) in [6.45, 7) is 5.13. The first-order chi connectivity index (χ1) is 14.0. The first-order valence-corrected chi connectivity index (χ1v) is 10.5. The SMILES string of the molecule is CCN1c2ccc(NC(=O)c3ccccc3Cl)cc2CC1c1cccc(Cl)c1C. The summed E-state index contributed by atoms with van der Waals surface area (Å²) in [5.74, 6) is -0.205. The van der Waals surface area contributed by atoms with Crippen molar-refractivity contribution in [3.8, 4) is 0 Å². The van der Waals surface area contributed by atoms with Gasteiger partial charge in [-0.2, -0.15) is 0 Å². The van der Waals surface area contributed by atoms with Crippen LogP contribution in [0.2, 0.25) is 10.0 Å². The minimum Gasteiger partial charge on any atom is -0.364 e. The average Bonchev–Trinajstić information content (AvgIpc) is 3.07. The van der Waals surface area contributed by atoms with Gasteiger partial charge in [0.05, 0.1) is 16.6 Å². The van der Waals surface area contributed by atoms with E-state index in [9.17, 15) is 4.79 Å². The lowest BCUT2D eigenvalue weighted by Crippen LogP contribution is -2.25. The van der Waals surface area contributed by atoms with E-state index in [-0.39, 0.29) is 11.9 Å². The number of rotatable bonds is 4. The van der Waals surface area contributed by atoms with Crippen molar-refractivity contribution in [1.82, 2.24) is 0 Å². The highest BCUT2D eigenvalue weighted by molar-refractivity contribution is 6.34. The Morgan fingerprint density at radius 1 is 1.07 bits per heavy atom. The molecule has 1 atom stereocenters. The van der Waals surface area contributed by atoms with Crippen LogP contribution in [-0.4, -0.2) is 12.5 Å². The zero-order valence-electron chi connectivity index (χ0n) is 16.4. The molecule has 3 nitrogen and oxygen atoms in total. The molecule has 29 heavy (non-hydrogen) atoms. The fourth-order valence-corrected chi connectivity index (χ4v) is 4.49. The van der Waals surface area contributed by atoms with Gasteiger partial charge in [0.2, 0.25) is 0 Å². The Morgan fingerprint density at radius 2 is 1.83 bits per heavy atom. The van der Waals surface area contributed by atoms with Gasteiger partial charge in [0.15, 0.2) is 0 Å². The monoisotopic (exact) mass is 424 g/mol. The van der Waals surface area contributed by atoms with Gasteiger partial charge in [0, 0.05) is 22.9 Å². The second-order valence-electron chi connectivity index (χ2n) is 7.24. The summed E-state index contributed by atoms with van der Waals surface area (Å²) < 4.78 is 0. The number of benzene rings is 3. The van der Waals surface area contributed by atoms with Crippen molar-refractivity contribution in [1.29, 1.82) is 0 Å². The number of carbonyl (C=O) groups excluding carboxylic acids is 1. The maximum absolute atomic E-state index is 12.6. The molecule has 0 saturated carbocycles. The molecular formula is C24H22Cl2N2O. The van der Waals surface area contributed by atoms with Gasteiger partial charge in [0.1, 0.15) is 0 Å². The lowest BCUT2D eigenvalue weighted by atomic mass is 9.98. The lowest BCUT2D eigenvalue weighted by Gasteiger charge is -2.28. The molecule has 1 heterocycles. The third-order valence-corrected chi connectivity index (χ3v) is 6.30. The maximum atomic E-state index is 12.6. The van der Waals surface area contributed by atoms with E-state index in [0.29, 0.717) is 10.6 Å². The standard InChI is InChI=1S/C24H22Cl2N2O/c1-3-28-22-12-11-17(27-24(29)19-7-4-5-9-21(19)26)13-16(22)14-23(28)18-8-6-10-20(25)15(18)2/h4-13,23H,3,14H2,1-2H3,(H,27,29). The van der Waals surface area contributed by atoms with E-state index in [0.717, 1.165) is 29.2 Å². The van der Waals surface area contributed by atoms with E-state index in [1.54, 1.807) is 18.2 Å². The van der Waals surface area contributed by atoms with Crippen molar-refractivity contribution >= 4 is 40.5 Å². The van der Waals surface area contributed by atoms with Crippen molar-refractivity contribution in [2.75, 3.05) is 16.8 Å². The number of hydrogen-bond acceptors (Lipinski definition) is 2. The Hall–Kier alpha value is -2.49. The molecule has 148 valence electrons. The summed E-state index contributed by atoms with van der Waals surface area (Å²) in [6.07, 6.45) is 0.875. The van der Waals surface area contributed by atoms with Crippen LogP contribution < -0.4 is 10.2 Å². The van der Waals surface area contributed by atoms with Crippen LogP contribution in [0.25, 0.3) is 0 Å². The topological polar surface area (TPSA) is 32.3 Å². The van der Waals surface area contributed by atoms with E-state index < -0.39 is 0 Å². The van der Waals surface area contributed by atoms with E-state index in [2.05, 4.69) is 42.3 Å². The number of fused-ring (bicyclic) bond motifs is 1. The number of anilines is 2. The van der Waals surface area contributed by atoms with Gasteiger partial charge in [-0.15, -0.1) is 0 Å². The number of nitrogens with one attached hydrogen (secondary N) is 1. The molecule has 1 N–H and O–H groups in total. The van der Waals surface area contributed by atoms with Gasteiger partial charge in [-0.3, -0.25) is 4.79 Å². The van der Waals surface area contributed by atoms with Gasteiger partial charge in [-0.1, -0.05) is 47.5 Å².